The van der Waals surface area contributed by atoms with E-state index in [9.17, 15) is 9.90 Å². The van der Waals surface area contributed by atoms with Crippen molar-refractivity contribution < 1.29 is 14.3 Å². The second-order valence-electron chi connectivity index (χ2n) is 6.41. The smallest absolute Gasteiger partial charge is 0.336 e. The fourth-order valence-electron chi connectivity index (χ4n) is 1.73. The van der Waals surface area contributed by atoms with E-state index < -0.39 is 14.3 Å². The van der Waals surface area contributed by atoms with Crippen LogP contribution in [-0.4, -0.2) is 19.4 Å². The van der Waals surface area contributed by atoms with Gasteiger partial charge in [-0.15, -0.1) is 0 Å². The van der Waals surface area contributed by atoms with Crippen LogP contribution in [0.25, 0.3) is 0 Å². The molecule has 4 heteroatoms. The molecule has 0 aliphatic heterocycles. The Morgan fingerprint density at radius 3 is 2.26 bits per heavy atom. The van der Waals surface area contributed by atoms with Crippen molar-refractivity contribution in [3.8, 4) is 0 Å². The van der Waals surface area contributed by atoms with E-state index >= 15 is 0 Å². The van der Waals surface area contributed by atoms with Crippen molar-refractivity contribution in [2.24, 2.45) is 0 Å². The van der Waals surface area contributed by atoms with Gasteiger partial charge in [0.1, 0.15) is 0 Å². The fraction of sp³-hybridized carbons (Fsp3) is 0.533. The predicted molar refractivity (Wildman–Crippen MR) is 80.1 cm³/mol. The highest BCUT2D eigenvalue weighted by atomic mass is 28.4. The summed E-state index contributed by atoms with van der Waals surface area (Å²) in [6.07, 6.45) is -0.201. The van der Waals surface area contributed by atoms with Crippen LogP contribution in [-0.2, 0) is 4.43 Å². The minimum absolute atomic E-state index is 0.111. The maximum absolute atomic E-state index is 11.2. The van der Waals surface area contributed by atoms with Crippen molar-refractivity contribution >= 4 is 14.3 Å². The van der Waals surface area contributed by atoms with Crippen LogP contribution >= 0.6 is 0 Å². The molecule has 0 unspecified atom stereocenters. The first-order chi connectivity index (χ1) is 8.56. The molecule has 0 spiro atoms. The van der Waals surface area contributed by atoms with Gasteiger partial charge in [-0.05, 0) is 36.7 Å². The quantitative estimate of drug-likeness (QED) is 0.828. The Balaban J connectivity index is 3.03. The number of benzene rings is 1. The normalized spacial score (nSPS) is 14.2. The Bertz CT molecular complexity index is 461. The molecule has 1 aromatic rings. The predicted octanol–water partition coefficient (Wildman–Crippen LogP) is 4.47. The van der Waals surface area contributed by atoms with Gasteiger partial charge in [0.25, 0.3) is 0 Å². The van der Waals surface area contributed by atoms with Gasteiger partial charge >= 0.3 is 5.97 Å². The second-order valence-corrected chi connectivity index (χ2v) is 11.2. The van der Waals surface area contributed by atoms with Crippen molar-refractivity contribution in [3.63, 3.8) is 0 Å². The molecule has 0 saturated heterocycles. The maximum atomic E-state index is 11.2. The van der Waals surface area contributed by atoms with Gasteiger partial charge < -0.3 is 9.53 Å². The van der Waals surface area contributed by atoms with Crippen LogP contribution in [0, 0.1) is 0 Å². The number of aromatic carboxylic acids is 1. The molecule has 1 rings (SSSR count). The molecule has 0 fully saturated rings. The molecule has 106 valence electrons. The average Bonchev–Trinajstić information content (AvgIpc) is 2.26. The molecule has 0 radical (unpaired) electrons. The zero-order valence-electron chi connectivity index (χ0n) is 12.7. The molecule has 0 aliphatic carbocycles. The van der Waals surface area contributed by atoms with Crippen LogP contribution in [0.4, 0.5) is 0 Å². The molecule has 0 aromatic heterocycles. The van der Waals surface area contributed by atoms with E-state index in [1.54, 1.807) is 12.1 Å². The third-order valence-electron chi connectivity index (χ3n) is 3.91. The summed E-state index contributed by atoms with van der Waals surface area (Å²) in [6.45, 7) is 12.8. The molecule has 0 bridgehead atoms. The SMILES string of the molecule is C[C@H](O[Si](C)(C)C(C)(C)C)c1ccccc1C(=O)O. The summed E-state index contributed by atoms with van der Waals surface area (Å²) < 4.78 is 6.25. The standard InChI is InChI=1S/C15H24O3Si/c1-11(18-19(5,6)15(2,3)4)12-9-7-8-10-13(12)14(16)17/h7-11H,1-6H3,(H,16,17)/t11-/m0/s1. The molecule has 0 heterocycles. The molecule has 0 saturated carbocycles. The average molecular weight is 280 g/mol. The number of hydrogen-bond donors (Lipinski definition) is 1. The van der Waals surface area contributed by atoms with Crippen molar-refractivity contribution in [1.82, 2.24) is 0 Å². The summed E-state index contributed by atoms with van der Waals surface area (Å²) in [5, 5.41) is 9.34. The number of carboxylic acids is 1. The van der Waals surface area contributed by atoms with E-state index in [2.05, 4.69) is 33.9 Å². The molecule has 0 amide bonds. The zero-order valence-corrected chi connectivity index (χ0v) is 13.7. The van der Waals surface area contributed by atoms with E-state index in [0.717, 1.165) is 5.56 Å². The summed E-state index contributed by atoms with van der Waals surface area (Å²) in [5.41, 5.74) is 1.08. The number of rotatable bonds is 4. The third-order valence-corrected chi connectivity index (χ3v) is 8.46. The number of hydrogen-bond acceptors (Lipinski definition) is 2. The van der Waals surface area contributed by atoms with E-state index in [4.69, 9.17) is 4.43 Å². The van der Waals surface area contributed by atoms with Gasteiger partial charge in [0, 0.05) is 0 Å². The van der Waals surface area contributed by atoms with Crippen molar-refractivity contribution in [1.29, 1.82) is 0 Å². The second kappa shape index (κ2) is 5.47. The van der Waals surface area contributed by atoms with E-state index in [-0.39, 0.29) is 11.1 Å². The van der Waals surface area contributed by atoms with Gasteiger partial charge in [-0.2, -0.15) is 0 Å². The van der Waals surface area contributed by atoms with Gasteiger partial charge in [0.15, 0.2) is 8.32 Å². The largest absolute Gasteiger partial charge is 0.478 e. The lowest BCUT2D eigenvalue weighted by Crippen LogP contribution is -2.41. The first-order valence-corrected chi connectivity index (χ1v) is 9.47. The molecule has 1 atom stereocenters. The van der Waals surface area contributed by atoms with Crippen LogP contribution in [0.3, 0.4) is 0 Å². The molecule has 1 aromatic carbocycles. The molecule has 3 nitrogen and oxygen atoms in total. The van der Waals surface area contributed by atoms with Gasteiger partial charge in [-0.1, -0.05) is 39.0 Å². The van der Waals surface area contributed by atoms with Crippen molar-refractivity contribution in [2.75, 3.05) is 0 Å². The lowest BCUT2D eigenvalue weighted by Gasteiger charge is -2.38. The summed E-state index contributed by atoms with van der Waals surface area (Å²) >= 11 is 0. The molecule has 19 heavy (non-hydrogen) atoms. The van der Waals surface area contributed by atoms with Crippen LogP contribution in [0.15, 0.2) is 24.3 Å². The van der Waals surface area contributed by atoms with Crippen LogP contribution in [0.1, 0.15) is 49.7 Å². The summed E-state index contributed by atoms with van der Waals surface area (Å²) in [4.78, 5) is 11.2. The molecule has 0 aliphatic rings. The Labute approximate surface area is 116 Å². The lowest BCUT2D eigenvalue weighted by atomic mass is 10.0. The maximum Gasteiger partial charge on any atom is 0.336 e. The molecular formula is C15H24O3Si. The Morgan fingerprint density at radius 2 is 1.79 bits per heavy atom. The first-order valence-electron chi connectivity index (χ1n) is 6.56. The van der Waals surface area contributed by atoms with Gasteiger partial charge in [0.2, 0.25) is 0 Å². The van der Waals surface area contributed by atoms with E-state index in [1.807, 2.05) is 19.1 Å². The fourth-order valence-corrected chi connectivity index (χ4v) is 3.09. The third kappa shape index (κ3) is 3.67. The Hall–Kier alpha value is -1.13. The van der Waals surface area contributed by atoms with Gasteiger partial charge in [0.05, 0.1) is 11.7 Å². The zero-order chi connectivity index (χ0) is 14.8. The first kappa shape index (κ1) is 15.9. The number of carboxylic acid groups (broad SMARTS) is 1. The number of carbonyl (C=O) groups is 1. The van der Waals surface area contributed by atoms with Crippen LogP contribution in [0.5, 0.6) is 0 Å². The highest BCUT2D eigenvalue weighted by Crippen LogP contribution is 2.39. The minimum atomic E-state index is -1.90. The van der Waals surface area contributed by atoms with Gasteiger partial charge in [-0.25, -0.2) is 4.79 Å². The van der Waals surface area contributed by atoms with Crippen LogP contribution < -0.4 is 0 Å². The highest BCUT2D eigenvalue weighted by Gasteiger charge is 2.39. The van der Waals surface area contributed by atoms with E-state index in [1.165, 1.54) is 0 Å². The lowest BCUT2D eigenvalue weighted by molar-refractivity contribution is 0.0691. The Morgan fingerprint density at radius 1 is 1.26 bits per heavy atom. The summed E-state index contributed by atoms with van der Waals surface area (Å²) in [5.74, 6) is -0.902. The van der Waals surface area contributed by atoms with E-state index in [0.29, 0.717) is 5.56 Å². The summed E-state index contributed by atoms with van der Waals surface area (Å²) in [6, 6.07) is 7.06. The highest BCUT2D eigenvalue weighted by molar-refractivity contribution is 6.74. The molecular weight excluding hydrogens is 256 g/mol. The van der Waals surface area contributed by atoms with Crippen LogP contribution in [0.2, 0.25) is 18.1 Å². The molecule has 1 N–H and O–H groups in total. The Kier molecular flexibility index (Phi) is 4.58. The van der Waals surface area contributed by atoms with Crippen molar-refractivity contribution in [2.45, 2.75) is 51.9 Å². The van der Waals surface area contributed by atoms with Crippen molar-refractivity contribution in [3.05, 3.63) is 35.4 Å². The summed E-state index contributed by atoms with van der Waals surface area (Å²) in [7, 11) is -1.90. The monoisotopic (exact) mass is 280 g/mol. The van der Waals surface area contributed by atoms with Gasteiger partial charge in [-0.3, -0.25) is 0 Å². The topological polar surface area (TPSA) is 46.5 Å². The minimum Gasteiger partial charge on any atom is -0.478 e.